The molecule has 0 aliphatic carbocycles. The fraction of sp³-hybridized carbons (Fsp3) is 0.333. The normalized spacial score (nSPS) is 11.2. The zero-order valence-electron chi connectivity index (χ0n) is 15.1. The second kappa shape index (κ2) is 8.77. The Labute approximate surface area is 154 Å². The van der Waals surface area contributed by atoms with E-state index in [1.807, 2.05) is 12.1 Å². The number of nitrogens with zero attached hydrogens (tertiary/aromatic N) is 2. The maximum absolute atomic E-state index is 12.5. The molecule has 1 aromatic carbocycles. The molecule has 0 fully saturated rings. The van der Waals surface area contributed by atoms with Crippen LogP contribution < -0.4 is 9.46 Å². The van der Waals surface area contributed by atoms with Crippen molar-refractivity contribution in [3.05, 3.63) is 53.9 Å². The number of aromatic nitrogens is 1. The van der Waals surface area contributed by atoms with Gasteiger partial charge in [0.2, 0.25) is 15.9 Å². The van der Waals surface area contributed by atoms with Crippen LogP contribution in [0.15, 0.2) is 47.6 Å². The van der Waals surface area contributed by atoms with Gasteiger partial charge in [0.05, 0.1) is 12.0 Å². The second-order valence-corrected chi connectivity index (χ2v) is 7.56. The Morgan fingerprint density at radius 1 is 1.23 bits per heavy atom. The molecule has 0 spiro atoms. The highest BCUT2D eigenvalue weighted by Gasteiger charge is 2.18. The van der Waals surface area contributed by atoms with Crippen LogP contribution in [0.2, 0.25) is 0 Å². The van der Waals surface area contributed by atoms with Crippen molar-refractivity contribution in [3.8, 4) is 5.75 Å². The zero-order valence-corrected chi connectivity index (χ0v) is 15.9. The summed E-state index contributed by atoms with van der Waals surface area (Å²) in [5.41, 5.74) is 1.53. The highest BCUT2D eigenvalue weighted by Crippen LogP contribution is 2.20. The second-order valence-electron chi connectivity index (χ2n) is 5.83. The molecule has 1 aromatic heterocycles. The number of hydrogen-bond acceptors (Lipinski definition) is 5. The molecule has 1 amide bonds. The Kier molecular flexibility index (Phi) is 6.70. The lowest BCUT2D eigenvalue weighted by atomic mass is 10.2. The molecule has 140 valence electrons. The Morgan fingerprint density at radius 2 is 1.92 bits per heavy atom. The van der Waals surface area contributed by atoms with E-state index >= 15 is 0 Å². The molecule has 0 aliphatic heterocycles. The molecule has 1 N–H and O–H groups in total. The molecule has 2 aromatic rings. The molecule has 0 saturated heterocycles. The number of carbonyl (C=O) groups excluding carboxylic acids is 1. The van der Waals surface area contributed by atoms with Crippen molar-refractivity contribution in [1.29, 1.82) is 0 Å². The average molecular weight is 377 g/mol. The first kappa shape index (κ1) is 19.9. The molecule has 0 bridgehead atoms. The minimum Gasteiger partial charge on any atom is -0.497 e. The number of rotatable bonds is 8. The van der Waals surface area contributed by atoms with E-state index in [0.717, 1.165) is 5.56 Å². The number of ether oxygens (including phenoxy) is 1. The summed E-state index contributed by atoms with van der Waals surface area (Å²) in [6, 6.07) is 8.42. The van der Waals surface area contributed by atoms with Crippen molar-refractivity contribution in [1.82, 2.24) is 14.6 Å². The van der Waals surface area contributed by atoms with Gasteiger partial charge in [-0.3, -0.25) is 9.78 Å². The molecule has 7 nitrogen and oxygen atoms in total. The van der Waals surface area contributed by atoms with Gasteiger partial charge in [0, 0.05) is 39.0 Å². The van der Waals surface area contributed by atoms with Gasteiger partial charge in [0.15, 0.2) is 0 Å². The number of hydrogen-bond donors (Lipinski definition) is 1. The van der Waals surface area contributed by atoms with E-state index in [2.05, 4.69) is 9.71 Å². The summed E-state index contributed by atoms with van der Waals surface area (Å²) < 4.78 is 32.6. The molecular weight excluding hydrogens is 354 g/mol. The first-order chi connectivity index (χ1) is 12.3. The molecule has 8 heteroatoms. The number of benzene rings is 1. The summed E-state index contributed by atoms with van der Waals surface area (Å²) in [7, 11) is -2.14. The zero-order chi connectivity index (χ0) is 19.2. The lowest BCUT2D eigenvalue weighted by Crippen LogP contribution is -2.37. The van der Waals surface area contributed by atoms with E-state index in [-0.39, 0.29) is 23.9 Å². The molecule has 0 unspecified atom stereocenters. The third kappa shape index (κ3) is 5.27. The van der Waals surface area contributed by atoms with E-state index < -0.39 is 10.0 Å². The third-order valence-corrected chi connectivity index (χ3v) is 5.53. The van der Waals surface area contributed by atoms with E-state index in [9.17, 15) is 13.2 Å². The van der Waals surface area contributed by atoms with Crippen molar-refractivity contribution < 1.29 is 17.9 Å². The summed E-state index contributed by atoms with van der Waals surface area (Å²) in [6.45, 7) is 3.97. The van der Waals surface area contributed by atoms with Crippen molar-refractivity contribution in [2.24, 2.45) is 0 Å². The van der Waals surface area contributed by atoms with Gasteiger partial charge in [-0.05, 0) is 48.4 Å². The monoisotopic (exact) mass is 377 g/mol. The Hall–Kier alpha value is -2.45. The van der Waals surface area contributed by atoms with Crippen LogP contribution in [-0.2, 0) is 21.4 Å². The smallest absolute Gasteiger partial charge is 0.240 e. The maximum Gasteiger partial charge on any atom is 0.240 e. The highest BCUT2D eigenvalue weighted by atomic mass is 32.2. The van der Waals surface area contributed by atoms with Gasteiger partial charge >= 0.3 is 0 Å². The number of methoxy groups -OCH3 is 1. The quantitative estimate of drug-likeness (QED) is 0.757. The van der Waals surface area contributed by atoms with Crippen molar-refractivity contribution in [3.63, 3.8) is 0 Å². The molecule has 26 heavy (non-hydrogen) atoms. The number of aryl methyl sites for hydroxylation is 1. The summed E-state index contributed by atoms with van der Waals surface area (Å²) in [5.74, 6) is 0.475. The van der Waals surface area contributed by atoms with Crippen LogP contribution in [-0.4, -0.2) is 44.4 Å². The van der Waals surface area contributed by atoms with Gasteiger partial charge in [-0.1, -0.05) is 0 Å². The maximum atomic E-state index is 12.5. The number of pyridine rings is 1. The predicted octanol–water partition coefficient (Wildman–Crippen LogP) is 1.73. The van der Waals surface area contributed by atoms with Crippen LogP contribution in [0.3, 0.4) is 0 Å². The van der Waals surface area contributed by atoms with Crippen LogP contribution in [0.25, 0.3) is 0 Å². The first-order valence-electron chi connectivity index (χ1n) is 8.12. The molecule has 0 aliphatic rings. The number of amides is 1. The van der Waals surface area contributed by atoms with Gasteiger partial charge in [0.1, 0.15) is 5.75 Å². The fourth-order valence-electron chi connectivity index (χ4n) is 2.50. The Bertz CT molecular complexity index is 854. The lowest BCUT2D eigenvalue weighted by Gasteiger charge is -2.21. The average Bonchev–Trinajstić information content (AvgIpc) is 2.61. The summed E-state index contributed by atoms with van der Waals surface area (Å²) in [5, 5.41) is 0. The third-order valence-electron chi connectivity index (χ3n) is 3.91. The number of sulfonamides is 1. The molecular formula is C18H23N3O4S. The summed E-state index contributed by atoms with van der Waals surface area (Å²) >= 11 is 0. The Morgan fingerprint density at radius 3 is 2.50 bits per heavy atom. The van der Waals surface area contributed by atoms with E-state index in [0.29, 0.717) is 17.9 Å². The Balaban J connectivity index is 2.00. The number of carbonyl (C=O) groups is 1. The fourth-order valence-corrected chi connectivity index (χ4v) is 3.75. The SMILES string of the molecule is COc1ccc(S(=O)(=O)NCCN(Cc2ccncc2)C(C)=O)c(C)c1. The number of nitrogens with one attached hydrogen (secondary N) is 1. The van der Waals surface area contributed by atoms with Gasteiger partial charge in [0.25, 0.3) is 0 Å². The minimum atomic E-state index is -3.66. The van der Waals surface area contributed by atoms with Gasteiger partial charge < -0.3 is 9.64 Å². The van der Waals surface area contributed by atoms with Crippen LogP contribution in [0.1, 0.15) is 18.1 Å². The molecule has 0 radical (unpaired) electrons. The standard InChI is InChI=1S/C18H23N3O4S/c1-14-12-17(25-3)4-5-18(14)26(23,24)20-10-11-21(15(2)22)13-16-6-8-19-9-7-16/h4-9,12,20H,10-11,13H2,1-3H3. The summed E-state index contributed by atoms with van der Waals surface area (Å²) in [4.78, 5) is 17.5. The highest BCUT2D eigenvalue weighted by molar-refractivity contribution is 7.89. The minimum absolute atomic E-state index is 0.123. The van der Waals surface area contributed by atoms with Gasteiger partial charge in [-0.25, -0.2) is 13.1 Å². The largest absolute Gasteiger partial charge is 0.497 e. The van der Waals surface area contributed by atoms with E-state index in [1.165, 1.54) is 20.1 Å². The predicted molar refractivity (Wildman–Crippen MR) is 98.2 cm³/mol. The topological polar surface area (TPSA) is 88.6 Å². The molecule has 0 saturated carbocycles. The van der Waals surface area contributed by atoms with Crippen LogP contribution in [0, 0.1) is 6.92 Å². The van der Waals surface area contributed by atoms with Crippen molar-refractivity contribution >= 4 is 15.9 Å². The van der Waals surface area contributed by atoms with Crippen molar-refractivity contribution in [2.45, 2.75) is 25.3 Å². The summed E-state index contributed by atoms with van der Waals surface area (Å²) in [6.07, 6.45) is 3.31. The van der Waals surface area contributed by atoms with Crippen LogP contribution in [0.5, 0.6) is 5.75 Å². The lowest BCUT2D eigenvalue weighted by molar-refractivity contribution is -0.129. The van der Waals surface area contributed by atoms with E-state index in [4.69, 9.17) is 4.74 Å². The van der Waals surface area contributed by atoms with Gasteiger partial charge in [-0.2, -0.15) is 0 Å². The van der Waals surface area contributed by atoms with Crippen LogP contribution >= 0.6 is 0 Å². The van der Waals surface area contributed by atoms with Crippen LogP contribution in [0.4, 0.5) is 0 Å². The molecule has 2 rings (SSSR count). The molecule has 1 heterocycles. The van der Waals surface area contributed by atoms with E-state index in [1.54, 1.807) is 36.4 Å². The van der Waals surface area contributed by atoms with Gasteiger partial charge in [-0.15, -0.1) is 0 Å². The molecule has 0 atom stereocenters. The first-order valence-corrected chi connectivity index (χ1v) is 9.60. The van der Waals surface area contributed by atoms with Crippen molar-refractivity contribution in [2.75, 3.05) is 20.2 Å².